The quantitative estimate of drug-likeness (QED) is 0.824. The van der Waals surface area contributed by atoms with Crippen molar-refractivity contribution in [3.8, 4) is 5.88 Å². The van der Waals surface area contributed by atoms with Crippen LogP contribution in [0.5, 0.6) is 5.88 Å². The molecule has 0 bridgehead atoms. The van der Waals surface area contributed by atoms with Gasteiger partial charge in [0.2, 0.25) is 5.82 Å². The number of carbonyl (C=O) groups is 1. The lowest BCUT2D eigenvalue weighted by atomic mass is 10.2. The zero-order chi connectivity index (χ0) is 11.6. The molecular weight excluding hydrogens is 203 g/mol. The first-order chi connectivity index (χ1) is 6.97. The molecule has 1 heterocycles. The minimum atomic E-state index is -1.44. The maximum absolute atomic E-state index is 13.3. The molecule has 0 spiro atoms. The molecule has 0 unspecified atom stereocenters. The van der Waals surface area contributed by atoms with Gasteiger partial charge in [-0.3, -0.25) is 0 Å². The average molecular weight is 214 g/mol. The van der Waals surface area contributed by atoms with E-state index in [0.29, 0.717) is 0 Å². The molecule has 0 aliphatic heterocycles. The van der Waals surface area contributed by atoms with Crippen molar-refractivity contribution in [2.24, 2.45) is 0 Å². The molecule has 15 heavy (non-hydrogen) atoms. The van der Waals surface area contributed by atoms with E-state index in [1.165, 1.54) is 7.11 Å². The molecule has 0 saturated heterocycles. The fourth-order valence-electron chi connectivity index (χ4n) is 0.978. The number of nitrogens with zero attached hydrogens (tertiary/aromatic N) is 2. The van der Waals surface area contributed by atoms with Crippen LogP contribution in [-0.4, -0.2) is 28.2 Å². The van der Waals surface area contributed by atoms with Gasteiger partial charge in [0, 0.05) is 5.92 Å². The van der Waals surface area contributed by atoms with Gasteiger partial charge in [0.25, 0.3) is 5.88 Å². The number of aromatic nitrogens is 2. The number of carboxylic acid groups (broad SMARTS) is 1. The van der Waals surface area contributed by atoms with E-state index in [2.05, 4.69) is 14.7 Å². The molecule has 1 N–H and O–H groups in total. The summed E-state index contributed by atoms with van der Waals surface area (Å²) in [4.78, 5) is 18.1. The molecule has 0 amide bonds. The third kappa shape index (κ3) is 2.20. The van der Waals surface area contributed by atoms with Crippen molar-refractivity contribution in [1.82, 2.24) is 9.97 Å². The molecule has 82 valence electrons. The molecule has 6 heteroatoms. The second-order valence-corrected chi connectivity index (χ2v) is 3.21. The van der Waals surface area contributed by atoms with E-state index < -0.39 is 17.5 Å². The fraction of sp³-hybridized carbons (Fsp3) is 0.444. The van der Waals surface area contributed by atoms with Crippen LogP contribution in [0.15, 0.2) is 0 Å². The number of hydrogen-bond acceptors (Lipinski definition) is 4. The molecular formula is C9H11FN2O3. The molecule has 0 aliphatic rings. The third-order valence-electron chi connectivity index (χ3n) is 1.75. The Morgan fingerprint density at radius 1 is 1.47 bits per heavy atom. The van der Waals surface area contributed by atoms with E-state index in [0.717, 1.165) is 0 Å². The lowest BCUT2D eigenvalue weighted by molar-refractivity contribution is 0.0682. The van der Waals surface area contributed by atoms with Gasteiger partial charge >= 0.3 is 5.97 Å². The molecule has 1 rings (SSSR count). The van der Waals surface area contributed by atoms with Crippen LogP contribution in [0.4, 0.5) is 4.39 Å². The summed E-state index contributed by atoms with van der Waals surface area (Å²) < 4.78 is 18.0. The lowest BCUT2D eigenvalue weighted by Crippen LogP contribution is -2.11. The normalized spacial score (nSPS) is 10.5. The zero-order valence-corrected chi connectivity index (χ0v) is 8.61. The van der Waals surface area contributed by atoms with Gasteiger partial charge in [-0.05, 0) is 0 Å². The highest BCUT2D eigenvalue weighted by Gasteiger charge is 2.21. The Labute approximate surface area is 85.9 Å². The van der Waals surface area contributed by atoms with Gasteiger partial charge in [-0.1, -0.05) is 13.8 Å². The summed E-state index contributed by atoms with van der Waals surface area (Å²) in [6.45, 7) is 3.55. The molecule has 5 nitrogen and oxygen atoms in total. The SMILES string of the molecule is COc1nc(C(C)C)nc(C(=O)O)c1F. The van der Waals surface area contributed by atoms with Crippen molar-refractivity contribution in [1.29, 1.82) is 0 Å². The topological polar surface area (TPSA) is 72.3 Å². The van der Waals surface area contributed by atoms with Crippen LogP contribution in [0.25, 0.3) is 0 Å². The molecule has 1 aromatic rings. The van der Waals surface area contributed by atoms with Crippen LogP contribution in [0.1, 0.15) is 36.1 Å². The Morgan fingerprint density at radius 3 is 2.47 bits per heavy atom. The second-order valence-electron chi connectivity index (χ2n) is 3.21. The second kappa shape index (κ2) is 4.20. The Bertz CT molecular complexity index is 393. The van der Waals surface area contributed by atoms with Crippen LogP contribution in [0.2, 0.25) is 0 Å². The number of hydrogen-bond donors (Lipinski definition) is 1. The smallest absolute Gasteiger partial charge is 0.357 e. The number of carboxylic acids is 1. The van der Waals surface area contributed by atoms with Crippen LogP contribution < -0.4 is 4.74 Å². The number of aromatic carboxylic acids is 1. The van der Waals surface area contributed by atoms with Crippen molar-refractivity contribution < 1.29 is 19.0 Å². The molecule has 0 saturated carbocycles. The van der Waals surface area contributed by atoms with Crippen LogP contribution in [0, 0.1) is 5.82 Å². The molecule has 0 aliphatic carbocycles. The van der Waals surface area contributed by atoms with Crippen molar-refractivity contribution in [2.75, 3.05) is 7.11 Å². The average Bonchev–Trinajstić information content (AvgIpc) is 2.17. The highest BCUT2D eigenvalue weighted by atomic mass is 19.1. The molecule has 0 atom stereocenters. The first-order valence-electron chi connectivity index (χ1n) is 4.32. The first-order valence-corrected chi connectivity index (χ1v) is 4.32. The van der Waals surface area contributed by atoms with Crippen molar-refractivity contribution in [3.63, 3.8) is 0 Å². The summed E-state index contributed by atoms with van der Waals surface area (Å²) in [6.07, 6.45) is 0. The fourth-order valence-corrected chi connectivity index (χ4v) is 0.978. The lowest BCUT2D eigenvalue weighted by Gasteiger charge is -2.08. The van der Waals surface area contributed by atoms with E-state index in [1.54, 1.807) is 13.8 Å². The Balaban J connectivity index is 3.38. The molecule has 0 radical (unpaired) electrons. The van der Waals surface area contributed by atoms with E-state index in [4.69, 9.17) is 5.11 Å². The maximum atomic E-state index is 13.3. The summed E-state index contributed by atoms with van der Waals surface area (Å²) in [6, 6.07) is 0. The third-order valence-corrected chi connectivity index (χ3v) is 1.75. The van der Waals surface area contributed by atoms with E-state index in [9.17, 15) is 9.18 Å². The maximum Gasteiger partial charge on any atom is 0.357 e. The monoisotopic (exact) mass is 214 g/mol. The summed E-state index contributed by atoms with van der Waals surface area (Å²) in [7, 11) is 1.22. The number of methoxy groups -OCH3 is 1. The van der Waals surface area contributed by atoms with Crippen LogP contribution >= 0.6 is 0 Å². The van der Waals surface area contributed by atoms with Gasteiger partial charge in [-0.25, -0.2) is 9.78 Å². The Kier molecular flexibility index (Phi) is 3.18. The summed E-state index contributed by atoms with van der Waals surface area (Å²) in [5, 5.41) is 8.71. The summed E-state index contributed by atoms with van der Waals surface area (Å²) in [5.74, 6) is -2.68. The van der Waals surface area contributed by atoms with Crippen molar-refractivity contribution in [2.45, 2.75) is 19.8 Å². The van der Waals surface area contributed by atoms with Crippen LogP contribution in [0.3, 0.4) is 0 Å². The largest absolute Gasteiger partial charge is 0.479 e. The van der Waals surface area contributed by atoms with E-state index >= 15 is 0 Å². The zero-order valence-electron chi connectivity index (χ0n) is 8.61. The number of rotatable bonds is 3. The van der Waals surface area contributed by atoms with Gasteiger partial charge in [-0.2, -0.15) is 9.37 Å². The van der Waals surface area contributed by atoms with Gasteiger partial charge < -0.3 is 9.84 Å². The van der Waals surface area contributed by atoms with Crippen LogP contribution in [-0.2, 0) is 0 Å². The highest BCUT2D eigenvalue weighted by Crippen LogP contribution is 2.20. The summed E-state index contributed by atoms with van der Waals surface area (Å²) in [5.41, 5.74) is -0.662. The predicted octanol–water partition coefficient (Wildman–Crippen LogP) is 1.45. The van der Waals surface area contributed by atoms with E-state index in [1.807, 2.05) is 0 Å². The minimum absolute atomic E-state index is 0.0994. The van der Waals surface area contributed by atoms with Gasteiger partial charge in [0.05, 0.1) is 7.11 Å². The Morgan fingerprint density at radius 2 is 2.07 bits per heavy atom. The van der Waals surface area contributed by atoms with E-state index in [-0.39, 0.29) is 17.6 Å². The summed E-state index contributed by atoms with van der Waals surface area (Å²) >= 11 is 0. The molecule has 0 aromatic carbocycles. The first kappa shape index (κ1) is 11.4. The standard InChI is InChI=1S/C9H11FN2O3/c1-4(2)7-11-6(9(13)14)5(10)8(12-7)15-3/h4H,1-3H3,(H,13,14). The Hall–Kier alpha value is -1.72. The number of ether oxygens (including phenoxy) is 1. The number of halogens is 1. The highest BCUT2D eigenvalue weighted by molar-refractivity contribution is 5.86. The van der Waals surface area contributed by atoms with Gasteiger partial charge in [-0.15, -0.1) is 0 Å². The van der Waals surface area contributed by atoms with Gasteiger partial charge in [0.1, 0.15) is 5.82 Å². The molecule has 0 fully saturated rings. The van der Waals surface area contributed by atoms with Gasteiger partial charge in [0.15, 0.2) is 5.69 Å². The van der Waals surface area contributed by atoms with Crippen molar-refractivity contribution in [3.05, 3.63) is 17.3 Å². The molecule has 1 aromatic heterocycles. The minimum Gasteiger partial charge on any atom is -0.479 e. The predicted molar refractivity (Wildman–Crippen MR) is 49.6 cm³/mol. The van der Waals surface area contributed by atoms with Crippen molar-refractivity contribution >= 4 is 5.97 Å².